The second kappa shape index (κ2) is 4.75. The first-order chi connectivity index (χ1) is 6.92. The van der Waals surface area contributed by atoms with Crippen LogP contribution in [0, 0.1) is 6.92 Å². The number of alkyl halides is 4. The third-order valence-electron chi connectivity index (χ3n) is 1.75. The maximum atomic E-state index is 11.9. The van der Waals surface area contributed by atoms with Gasteiger partial charge in [0.15, 0.2) is 6.61 Å². The minimum atomic E-state index is -4.32. The third kappa shape index (κ3) is 4.00. The molecule has 0 aliphatic heterocycles. The van der Waals surface area contributed by atoms with Gasteiger partial charge in [0.25, 0.3) is 0 Å². The van der Waals surface area contributed by atoms with Gasteiger partial charge in [-0.1, -0.05) is 17.7 Å². The molecule has 0 aromatic heterocycles. The van der Waals surface area contributed by atoms with Crippen LogP contribution in [-0.4, -0.2) is 12.8 Å². The zero-order chi connectivity index (χ0) is 11.5. The Balaban J connectivity index is 2.76. The predicted octanol–water partition coefficient (Wildman–Crippen LogP) is 3.67. The van der Waals surface area contributed by atoms with Crippen LogP contribution in [0.2, 0.25) is 0 Å². The van der Waals surface area contributed by atoms with E-state index >= 15 is 0 Å². The minimum Gasteiger partial charge on any atom is -0.484 e. The lowest BCUT2D eigenvalue weighted by Gasteiger charge is -2.12. The van der Waals surface area contributed by atoms with Crippen LogP contribution in [-0.2, 0) is 5.88 Å². The largest absolute Gasteiger partial charge is 0.484 e. The van der Waals surface area contributed by atoms with Gasteiger partial charge in [0.1, 0.15) is 5.75 Å². The molecule has 0 aliphatic rings. The first-order valence-corrected chi connectivity index (χ1v) is 4.81. The van der Waals surface area contributed by atoms with Gasteiger partial charge < -0.3 is 4.74 Å². The molecule has 1 aromatic rings. The molecular formula is C10H10ClF3O. The van der Waals surface area contributed by atoms with Crippen LogP contribution in [0.4, 0.5) is 13.2 Å². The summed E-state index contributed by atoms with van der Waals surface area (Å²) in [7, 11) is 0. The fourth-order valence-corrected chi connectivity index (χ4v) is 1.32. The zero-order valence-electron chi connectivity index (χ0n) is 8.07. The summed E-state index contributed by atoms with van der Waals surface area (Å²) in [6.45, 7) is 0.545. The highest BCUT2D eigenvalue weighted by Gasteiger charge is 2.28. The van der Waals surface area contributed by atoms with E-state index in [-0.39, 0.29) is 11.6 Å². The van der Waals surface area contributed by atoms with Gasteiger partial charge in [0.05, 0.1) is 5.88 Å². The Morgan fingerprint density at radius 1 is 1.33 bits per heavy atom. The fraction of sp³-hybridized carbons (Fsp3) is 0.400. The van der Waals surface area contributed by atoms with Crippen molar-refractivity contribution >= 4 is 11.6 Å². The molecule has 1 rings (SSSR count). The van der Waals surface area contributed by atoms with Gasteiger partial charge in [-0.25, -0.2) is 0 Å². The molecule has 0 aliphatic carbocycles. The van der Waals surface area contributed by atoms with Crippen molar-refractivity contribution in [2.45, 2.75) is 19.0 Å². The van der Waals surface area contributed by atoms with Crippen LogP contribution in [0.1, 0.15) is 11.1 Å². The summed E-state index contributed by atoms with van der Waals surface area (Å²) < 4.78 is 40.3. The quantitative estimate of drug-likeness (QED) is 0.730. The van der Waals surface area contributed by atoms with E-state index in [2.05, 4.69) is 4.74 Å². The van der Waals surface area contributed by atoms with Crippen LogP contribution >= 0.6 is 11.6 Å². The monoisotopic (exact) mass is 238 g/mol. The first kappa shape index (κ1) is 12.2. The Morgan fingerprint density at radius 3 is 2.53 bits per heavy atom. The number of benzene rings is 1. The molecule has 0 saturated carbocycles. The predicted molar refractivity (Wildman–Crippen MR) is 52.3 cm³/mol. The Hall–Kier alpha value is -0.900. The molecule has 0 N–H and O–H groups in total. The molecule has 0 amide bonds. The van der Waals surface area contributed by atoms with Crippen LogP contribution in [0.5, 0.6) is 5.75 Å². The van der Waals surface area contributed by atoms with Gasteiger partial charge in [-0.3, -0.25) is 0 Å². The van der Waals surface area contributed by atoms with Crippen molar-refractivity contribution < 1.29 is 17.9 Å². The van der Waals surface area contributed by atoms with Crippen molar-refractivity contribution in [2.24, 2.45) is 0 Å². The summed E-state index contributed by atoms with van der Waals surface area (Å²) >= 11 is 5.59. The molecule has 5 heteroatoms. The molecule has 1 aromatic carbocycles. The Labute approximate surface area is 90.8 Å². The molecule has 0 spiro atoms. The first-order valence-electron chi connectivity index (χ1n) is 4.27. The SMILES string of the molecule is Cc1ccc(OCC(F)(F)F)c(CCl)c1. The number of hydrogen-bond acceptors (Lipinski definition) is 1. The van der Waals surface area contributed by atoms with Crippen molar-refractivity contribution in [2.75, 3.05) is 6.61 Å². The summed E-state index contributed by atoms with van der Waals surface area (Å²) in [6, 6.07) is 4.89. The molecular weight excluding hydrogens is 229 g/mol. The van der Waals surface area contributed by atoms with E-state index in [0.29, 0.717) is 5.56 Å². The van der Waals surface area contributed by atoms with E-state index in [1.807, 2.05) is 6.92 Å². The van der Waals surface area contributed by atoms with Crippen LogP contribution in [0.3, 0.4) is 0 Å². The number of aryl methyl sites for hydroxylation is 1. The van der Waals surface area contributed by atoms with Crippen molar-refractivity contribution in [3.63, 3.8) is 0 Å². The molecule has 0 fully saturated rings. The lowest BCUT2D eigenvalue weighted by molar-refractivity contribution is -0.153. The standard InChI is InChI=1S/C10H10ClF3O/c1-7-2-3-9(8(4-7)5-11)15-6-10(12,13)14/h2-4H,5-6H2,1H3. The van der Waals surface area contributed by atoms with Gasteiger partial charge in [-0.2, -0.15) is 13.2 Å². The number of ether oxygens (including phenoxy) is 1. The molecule has 0 atom stereocenters. The Bertz CT molecular complexity index is 336. The van der Waals surface area contributed by atoms with Crippen LogP contribution < -0.4 is 4.74 Å². The highest BCUT2D eigenvalue weighted by atomic mass is 35.5. The van der Waals surface area contributed by atoms with Gasteiger partial charge >= 0.3 is 6.18 Å². The lowest BCUT2D eigenvalue weighted by atomic mass is 10.1. The van der Waals surface area contributed by atoms with E-state index in [1.165, 1.54) is 6.07 Å². The van der Waals surface area contributed by atoms with Gasteiger partial charge in [-0.05, 0) is 13.0 Å². The third-order valence-corrected chi connectivity index (χ3v) is 2.04. The van der Waals surface area contributed by atoms with Crippen molar-refractivity contribution in [3.8, 4) is 5.75 Å². The molecule has 0 bridgehead atoms. The van der Waals surface area contributed by atoms with E-state index in [9.17, 15) is 13.2 Å². The van der Waals surface area contributed by atoms with E-state index in [4.69, 9.17) is 11.6 Å². The number of rotatable bonds is 3. The summed E-state index contributed by atoms with van der Waals surface area (Å²) in [5.74, 6) is 0.322. The van der Waals surface area contributed by atoms with Crippen molar-refractivity contribution in [1.29, 1.82) is 0 Å². The molecule has 15 heavy (non-hydrogen) atoms. The van der Waals surface area contributed by atoms with Crippen LogP contribution in [0.15, 0.2) is 18.2 Å². The van der Waals surface area contributed by atoms with Gasteiger partial charge in [-0.15, -0.1) is 11.6 Å². The van der Waals surface area contributed by atoms with Crippen molar-refractivity contribution in [3.05, 3.63) is 29.3 Å². The maximum absolute atomic E-state index is 11.9. The van der Waals surface area contributed by atoms with Crippen molar-refractivity contribution in [1.82, 2.24) is 0 Å². The maximum Gasteiger partial charge on any atom is 0.422 e. The topological polar surface area (TPSA) is 9.23 Å². The van der Waals surface area contributed by atoms with E-state index < -0.39 is 12.8 Å². The molecule has 0 unspecified atom stereocenters. The van der Waals surface area contributed by atoms with Crippen LogP contribution in [0.25, 0.3) is 0 Å². The number of halogens is 4. The zero-order valence-corrected chi connectivity index (χ0v) is 8.82. The summed E-state index contributed by atoms with van der Waals surface area (Å²) in [5.41, 5.74) is 1.51. The minimum absolute atomic E-state index is 0.134. The molecule has 0 saturated heterocycles. The number of hydrogen-bond donors (Lipinski definition) is 0. The Morgan fingerprint density at radius 2 is 2.00 bits per heavy atom. The molecule has 1 nitrogen and oxygen atoms in total. The fourth-order valence-electron chi connectivity index (χ4n) is 1.11. The van der Waals surface area contributed by atoms with Gasteiger partial charge in [0, 0.05) is 5.56 Å². The average Bonchev–Trinajstić information content (AvgIpc) is 2.14. The summed E-state index contributed by atoms with van der Waals surface area (Å²) in [4.78, 5) is 0. The Kier molecular flexibility index (Phi) is 3.85. The molecule has 84 valence electrons. The second-order valence-electron chi connectivity index (χ2n) is 3.15. The summed E-state index contributed by atoms with van der Waals surface area (Å²) in [5, 5.41) is 0. The summed E-state index contributed by atoms with van der Waals surface area (Å²) in [6.07, 6.45) is -4.32. The normalized spacial score (nSPS) is 11.5. The highest BCUT2D eigenvalue weighted by molar-refractivity contribution is 6.17. The smallest absolute Gasteiger partial charge is 0.422 e. The van der Waals surface area contributed by atoms with E-state index in [1.54, 1.807) is 12.1 Å². The molecule has 0 heterocycles. The average molecular weight is 239 g/mol. The van der Waals surface area contributed by atoms with E-state index in [0.717, 1.165) is 5.56 Å². The lowest BCUT2D eigenvalue weighted by Crippen LogP contribution is -2.19. The highest BCUT2D eigenvalue weighted by Crippen LogP contribution is 2.24. The van der Waals surface area contributed by atoms with Gasteiger partial charge in [0.2, 0.25) is 0 Å². The molecule has 0 radical (unpaired) electrons. The second-order valence-corrected chi connectivity index (χ2v) is 3.42.